The van der Waals surface area contributed by atoms with Crippen molar-refractivity contribution in [1.29, 1.82) is 0 Å². The van der Waals surface area contributed by atoms with Crippen LogP contribution in [0.4, 0.5) is 5.69 Å². The number of Topliss-reactive ketones (excluding diaryl/α,β-unsaturated/α-hetero) is 3. The molecule has 6 nitrogen and oxygen atoms in total. The first-order valence-corrected chi connectivity index (χ1v) is 13.2. The van der Waals surface area contributed by atoms with Crippen LogP contribution in [0.2, 0.25) is 0 Å². The second kappa shape index (κ2) is 8.67. The summed E-state index contributed by atoms with van der Waals surface area (Å²) in [7, 11) is 3.11. The number of fused-ring (bicyclic) bond motifs is 5. The zero-order valence-electron chi connectivity index (χ0n) is 22.7. The Kier molecular flexibility index (Phi) is 5.58. The Labute approximate surface area is 228 Å². The zero-order chi connectivity index (χ0) is 27.7. The number of para-hydroxylation sites is 1. The van der Waals surface area contributed by atoms with Crippen molar-refractivity contribution in [3.05, 3.63) is 95.1 Å². The summed E-state index contributed by atoms with van der Waals surface area (Å²) in [5.41, 5.74) is 1.02. The molecule has 1 saturated heterocycles. The van der Waals surface area contributed by atoms with Crippen LogP contribution in [-0.4, -0.2) is 43.7 Å². The Morgan fingerprint density at radius 3 is 2.08 bits per heavy atom. The summed E-state index contributed by atoms with van der Waals surface area (Å²) in [4.78, 5) is 45.8. The molecule has 1 fully saturated rings. The number of hydrogen-bond acceptors (Lipinski definition) is 6. The molecular weight excluding hydrogens is 490 g/mol. The van der Waals surface area contributed by atoms with E-state index in [0.717, 1.165) is 11.3 Å². The molecule has 0 aromatic heterocycles. The molecule has 0 amide bonds. The van der Waals surface area contributed by atoms with Gasteiger partial charge in [0.2, 0.25) is 0 Å². The van der Waals surface area contributed by atoms with Gasteiger partial charge in [0.15, 0.2) is 28.8 Å². The smallest absolute Gasteiger partial charge is 0.180 e. The van der Waals surface area contributed by atoms with Crippen LogP contribution in [0.3, 0.4) is 0 Å². The van der Waals surface area contributed by atoms with Crippen molar-refractivity contribution in [2.75, 3.05) is 19.1 Å². The van der Waals surface area contributed by atoms with E-state index in [1.165, 1.54) is 0 Å². The highest BCUT2D eigenvalue weighted by Crippen LogP contribution is 2.61. The third-order valence-corrected chi connectivity index (χ3v) is 8.49. The highest BCUT2D eigenvalue weighted by molar-refractivity contribution is 6.32. The summed E-state index contributed by atoms with van der Waals surface area (Å²) in [6, 6.07) is 18.9. The minimum Gasteiger partial charge on any atom is -0.493 e. The number of ketones is 3. The van der Waals surface area contributed by atoms with E-state index in [0.29, 0.717) is 28.2 Å². The van der Waals surface area contributed by atoms with Gasteiger partial charge in [-0.15, -0.1) is 0 Å². The number of benzene rings is 3. The van der Waals surface area contributed by atoms with E-state index in [-0.39, 0.29) is 17.3 Å². The number of anilines is 1. The first-order chi connectivity index (χ1) is 18.7. The van der Waals surface area contributed by atoms with Crippen LogP contribution in [0.1, 0.15) is 58.5 Å². The third-order valence-electron chi connectivity index (χ3n) is 8.49. The SMILES string of the molecule is COc1ccc([C@H]2[C@H](C(=O)C(C)(C)C)N3c4ccccc4C=C[C@@H]3C23C(=O)c2ccccc2C3=O)cc1OC. The Balaban J connectivity index is 1.70. The number of hydrogen-bond donors (Lipinski definition) is 0. The molecular formula is C33H31NO5. The lowest BCUT2D eigenvalue weighted by Crippen LogP contribution is -2.49. The van der Waals surface area contributed by atoms with Gasteiger partial charge in [0.25, 0.3) is 0 Å². The van der Waals surface area contributed by atoms with E-state index in [1.807, 2.05) is 74.2 Å². The molecule has 0 unspecified atom stereocenters. The van der Waals surface area contributed by atoms with E-state index in [9.17, 15) is 14.4 Å². The van der Waals surface area contributed by atoms with Crippen LogP contribution in [0, 0.1) is 10.8 Å². The van der Waals surface area contributed by atoms with E-state index in [2.05, 4.69) is 0 Å². The molecule has 39 heavy (non-hydrogen) atoms. The summed E-state index contributed by atoms with van der Waals surface area (Å²) in [6.45, 7) is 5.67. The number of carbonyl (C=O) groups is 3. The van der Waals surface area contributed by atoms with E-state index >= 15 is 0 Å². The summed E-state index contributed by atoms with van der Waals surface area (Å²) < 4.78 is 11.1. The topological polar surface area (TPSA) is 72.9 Å². The van der Waals surface area contributed by atoms with Gasteiger partial charge in [-0.25, -0.2) is 0 Å². The van der Waals surface area contributed by atoms with Gasteiger partial charge < -0.3 is 14.4 Å². The predicted octanol–water partition coefficient (Wildman–Crippen LogP) is 5.75. The van der Waals surface area contributed by atoms with Crippen LogP contribution >= 0.6 is 0 Å². The van der Waals surface area contributed by atoms with Crippen molar-refractivity contribution in [2.45, 2.75) is 38.8 Å². The van der Waals surface area contributed by atoms with Crippen molar-refractivity contribution in [2.24, 2.45) is 10.8 Å². The van der Waals surface area contributed by atoms with Crippen LogP contribution in [0.25, 0.3) is 6.08 Å². The summed E-state index contributed by atoms with van der Waals surface area (Å²) in [6.07, 6.45) is 3.91. The molecule has 1 aliphatic carbocycles. The van der Waals surface area contributed by atoms with Crippen LogP contribution in [0.15, 0.2) is 72.8 Å². The molecule has 2 heterocycles. The second-order valence-corrected chi connectivity index (χ2v) is 11.5. The largest absolute Gasteiger partial charge is 0.493 e. The average Bonchev–Trinajstić information content (AvgIpc) is 3.38. The molecule has 3 aromatic rings. The number of nitrogens with zero attached hydrogens (tertiary/aromatic N) is 1. The molecule has 0 N–H and O–H groups in total. The van der Waals surface area contributed by atoms with Gasteiger partial charge in [0.05, 0.1) is 26.3 Å². The van der Waals surface area contributed by atoms with Gasteiger partial charge in [-0.1, -0.05) is 81.5 Å². The quantitative estimate of drug-likeness (QED) is 0.407. The molecule has 3 atom stereocenters. The van der Waals surface area contributed by atoms with Crippen molar-refractivity contribution < 1.29 is 23.9 Å². The lowest BCUT2D eigenvalue weighted by atomic mass is 9.63. The lowest BCUT2D eigenvalue weighted by Gasteiger charge is -2.38. The Morgan fingerprint density at radius 2 is 1.46 bits per heavy atom. The van der Waals surface area contributed by atoms with Gasteiger partial charge in [0.1, 0.15) is 5.41 Å². The molecule has 2 aliphatic heterocycles. The Morgan fingerprint density at radius 1 is 0.846 bits per heavy atom. The Hall–Kier alpha value is -4.19. The molecule has 3 aliphatic rings. The fourth-order valence-corrected chi connectivity index (χ4v) is 6.78. The van der Waals surface area contributed by atoms with Crippen molar-refractivity contribution in [3.63, 3.8) is 0 Å². The van der Waals surface area contributed by atoms with Gasteiger partial charge in [0, 0.05) is 28.1 Å². The zero-order valence-corrected chi connectivity index (χ0v) is 22.7. The van der Waals surface area contributed by atoms with Gasteiger partial charge in [-0.05, 0) is 29.3 Å². The highest BCUT2D eigenvalue weighted by atomic mass is 16.5. The van der Waals surface area contributed by atoms with Crippen LogP contribution in [0.5, 0.6) is 11.5 Å². The molecule has 0 radical (unpaired) electrons. The van der Waals surface area contributed by atoms with E-state index in [4.69, 9.17) is 9.47 Å². The molecule has 0 saturated carbocycles. The maximum absolute atomic E-state index is 14.6. The van der Waals surface area contributed by atoms with Crippen molar-refractivity contribution >= 4 is 29.1 Å². The fraction of sp³-hybridized carbons (Fsp3) is 0.303. The van der Waals surface area contributed by atoms with E-state index < -0.39 is 28.8 Å². The van der Waals surface area contributed by atoms with Crippen LogP contribution in [-0.2, 0) is 4.79 Å². The number of methoxy groups -OCH3 is 2. The van der Waals surface area contributed by atoms with Crippen molar-refractivity contribution in [1.82, 2.24) is 0 Å². The second-order valence-electron chi connectivity index (χ2n) is 11.5. The van der Waals surface area contributed by atoms with Crippen LogP contribution < -0.4 is 14.4 Å². The van der Waals surface area contributed by atoms with Gasteiger partial charge in [-0.3, -0.25) is 14.4 Å². The molecule has 6 rings (SSSR count). The standard InChI is InChI=1S/C33H31NO5/c1-32(2,3)31(37)28-27(20-14-16-24(38-4)25(18-20)39-5)33(29(35)21-11-7-8-12-22(21)30(33)36)26-17-15-19-10-6-9-13-23(19)34(26)28/h6-18,26-28H,1-5H3/t26-,27+,28-/m1/s1. The molecule has 198 valence electrons. The monoisotopic (exact) mass is 521 g/mol. The molecule has 0 bridgehead atoms. The minimum absolute atomic E-state index is 0.0363. The predicted molar refractivity (Wildman–Crippen MR) is 150 cm³/mol. The van der Waals surface area contributed by atoms with Gasteiger partial charge in [-0.2, -0.15) is 0 Å². The first-order valence-electron chi connectivity index (χ1n) is 13.2. The Bertz CT molecular complexity index is 1530. The maximum Gasteiger partial charge on any atom is 0.180 e. The van der Waals surface area contributed by atoms with Crippen molar-refractivity contribution in [3.8, 4) is 11.5 Å². The molecule has 1 spiro atoms. The van der Waals surface area contributed by atoms with Gasteiger partial charge >= 0.3 is 0 Å². The number of carbonyl (C=O) groups excluding carboxylic acids is 3. The minimum atomic E-state index is -1.53. The summed E-state index contributed by atoms with van der Waals surface area (Å²) in [5.74, 6) is -0.286. The number of rotatable bonds is 4. The lowest BCUT2D eigenvalue weighted by molar-refractivity contribution is -0.127. The number of ether oxygens (including phenoxy) is 2. The highest BCUT2D eigenvalue weighted by Gasteiger charge is 2.72. The molecule has 6 heteroatoms. The summed E-state index contributed by atoms with van der Waals surface area (Å²) in [5, 5.41) is 0. The average molecular weight is 522 g/mol. The first kappa shape index (κ1) is 25.1. The normalized spacial score (nSPS) is 22.5. The molecule has 3 aromatic carbocycles. The maximum atomic E-state index is 14.6. The third kappa shape index (κ3) is 3.30. The fourth-order valence-electron chi connectivity index (χ4n) is 6.78. The van der Waals surface area contributed by atoms with E-state index in [1.54, 1.807) is 44.6 Å². The summed E-state index contributed by atoms with van der Waals surface area (Å²) >= 11 is 0.